The maximum atomic E-state index is 4.01. The van der Waals surface area contributed by atoms with Gasteiger partial charge in [-0.05, 0) is 16.8 Å². The lowest BCUT2D eigenvalue weighted by Gasteiger charge is -1.91. The van der Waals surface area contributed by atoms with Crippen LogP contribution in [0.1, 0.15) is 0 Å². The van der Waals surface area contributed by atoms with Crippen LogP contribution in [0.4, 0.5) is 0 Å². The van der Waals surface area contributed by atoms with E-state index >= 15 is 0 Å². The molecule has 0 bridgehead atoms. The van der Waals surface area contributed by atoms with E-state index in [2.05, 4.69) is 65.6 Å². The van der Waals surface area contributed by atoms with E-state index in [0.717, 1.165) is 0 Å². The Morgan fingerprint density at radius 1 is 0.929 bits per heavy atom. The summed E-state index contributed by atoms with van der Waals surface area (Å²) in [6, 6.07) is 10.2. The van der Waals surface area contributed by atoms with Gasteiger partial charge < -0.3 is 0 Å². The molecule has 0 amide bonds. The summed E-state index contributed by atoms with van der Waals surface area (Å²) in [5.41, 5.74) is 0. The van der Waals surface area contributed by atoms with Gasteiger partial charge in [-0.25, -0.2) is 0 Å². The van der Waals surface area contributed by atoms with Crippen LogP contribution in [0, 0.1) is 0 Å². The van der Waals surface area contributed by atoms with Crippen molar-refractivity contribution >= 4 is 59.2 Å². The lowest BCUT2D eigenvalue weighted by atomic mass is 10.2. The number of benzene rings is 1. The molecule has 0 aliphatic carbocycles. The Bertz CT molecular complexity index is 324. The van der Waals surface area contributed by atoms with Crippen LogP contribution in [-0.2, 0) is 0 Å². The second-order valence-corrected chi connectivity index (χ2v) is 7.40. The summed E-state index contributed by atoms with van der Waals surface area (Å²) in [5, 5.41) is 2.45. The first-order valence-corrected chi connectivity index (χ1v) is 5.89. The molecule has 74 valence electrons. The van der Waals surface area contributed by atoms with E-state index in [4.69, 9.17) is 0 Å². The average Bonchev–Trinajstić information content (AvgIpc) is 2.17. The van der Waals surface area contributed by atoms with Gasteiger partial charge in [-0.1, -0.05) is 24.3 Å². The SMILES string of the molecule is BrN(Br)Br.c1ccc2cnccc2c1. The molecular weight excluding hydrogens is 376 g/mol. The second kappa shape index (κ2) is 6.50. The van der Waals surface area contributed by atoms with Gasteiger partial charge in [0.1, 0.15) is 0 Å². The molecule has 1 heterocycles. The highest BCUT2D eigenvalue weighted by molar-refractivity contribution is 9.33. The van der Waals surface area contributed by atoms with Crippen LogP contribution in [0.25, 0.3) is 10.8 Å². The van der Waals surface area contributed by atoms with Crippen molar-refractivity contribution in [1.82, 2.24) is 6.96 Å². The van der Waals surface area contributed by atoms with Gasteiger partial charge >= 0.3 is 0 Å². The van der Waals surface area contributed by atoms with Crippen LogP contribution >= 0.6 is 48.4 Å². The molecule has 14 heavy (non-hydrogen) atoms. The first-order chi connectivity index (χ1) is 6.70. The van der Waals surface area contributed by atoms with Gasteiger partial charge in [-0.15, -0.1) is 1.98 Å². The Balaban J connectivity index is 0.000000213. The van der Waals surface area contributed by atoms with Crippen LogP contribution < -0.4 is 0 Å². The zero-order valence-electron chi connectivity index (χ0n) is 7.07. The van der Waals surface area contributed by atoms with Gasteiger partial charge in [0.05, 0.1) is 0 Å². The highest BCUT2D eigenvalue weighted by Crippen LogP contribution is 2.10. The fourth-order valence-corrected chi connectivity index (χ4v) is 1.03. The Labute approximate surface area is 108 Å². The Hall–Kier alpha value is 0.0300. The van der Waals surface area contributed by atoms with Crippen molar-refractivity contribution in [2.24, 2.45) is 0 Å². The summed E-state index contributed by atoms with van der Waals surface area (Å²) in [6.45, 7) is 0. The lowest BCUT2D eigenvalue weighted by Crippen LogP contribution is -1.71. The summed E-state index contributed by atoms with van der Waals surface area (Å²) in [6.07, 6.45) is 3.68. The molecule has 1 aromatic heterocycles. The highest BCUT2D eigenvalue weighted by atomic mass is 80.0. The second-order valence-electron chi connectivity index (χ2n) is 2.41. The molecule has 2 nitrogen and oxygen atoms in total. The number of hydrogen-bond donors (Lipinski definition) is 0. The van der Waals surface area contributed by atoms with E-state index < -0.39 is 0 Å². The minimum Gasteiger partial charge on any atom is -0.264 e. The third kappa shape index (κ3) is 4.50. The molecule has 0 fully saturated rings. The van der Waals surface area contributed by atoms with Gasteiger partial charge in [-0.2, -0.15) is 0 Å². The number of fused-ring (bicyclic) bond motifs is 1. The van der Waals surface area contributed by atoms with Crippen molar-refractivity contribution in [3.05, 3.63) is 42.7 Å². The zero-order chi connectivity index (χ0) is 10.4. The molecule has 5 heteroatoms. The Morgan fingerprint density at radius 3 is 2.07 bits per heavy atom. The van der Waals surface area contributed by atoms with Gasteiger partial charge in [0.2, 0.25) is 0 Å². The largest absolute Gasteiger partial charge is 0.264 e. The topological polar surface area (TPSA) is 16.1 Å². The molecule has 0 aliphatic rings. The van der Waals surface area contributed by atoms with Crippen molar-refractivity contribution in [1.29, 1.82) is 0 Å². The van der Waals surface area contributed by atoms with Crippen LogP contribution in [0.3, 0.4) is 0 Å². The number of hydrogen-bond acceptors (Lipinski definition) is 2. The molecule has 0 unspecified atom stereocenters. The summed E-state index contributed by atoms with van der Waals surface area (Å²) in [5.74, 6) is 0. The molecule has 0 N–H and O–H groups in total. The quantitative estimate of drug-likeness (QED) is 0.626. The van der Waals surface area contributed by atoms with E-state index in [0.29, 0.717) is 0 Å². The van der Waals surface area contributed by atoms with Gasteiger partial charge in [-0.3, -0.25) is 4.98 Å². The highest BCUT2D eigenvalue weighted by Gasteiger charge is 1.86. The zero-order valence-corrected chi connectivity index (χ0v) is 11.8. The molecule has 0 spiro atoms. The summed E-state index contributed by atoms with van der Waals surface area (Å²) >= 11 is 8.81. The molecule has 2 rings (SSSR count). The summed E-state index contributed by atoms with van der Waals surface area (Å²) in [4.78, 5) is 4.01. The molecule has 0 saturated carbocycles. The molecule has 1 aromatic carbocycles. The minimum atomic E-state index is 1.20. The fourth-order valence-electron chi connectivity index (χ4n) is 1.03. The average molecular weight is 383 g/mol. The normalized spacial score (nSPS) is 9.71. The van der Waals surface area contributed by atoms with E-state index in [1.54, 1.807) is 0 Å². The predicted octanol–water partition coefficient (Wildman–Crippen LogP) is 4.45. The first-order valence-electron chi connectivity index (χ1n) is 3.76. The molecule has 0 aliphatic heterocycles. The van der Waals surface area contributed by atoms with Crippen LogP contribution in [0.2, 0.25) is 0 Å². The third-order valence-corrected chi connectivity index (χ3v) is 1.55. The molecule has 0 atom stereocenters. The predicted molar refractivity (Wildman–Crippen MR) is 70.4 cm³/mol. The van der Waals surface area contributed by atoms with Crippen LogP contribution in [0.15, 0.2) is 42.7 Å². The molecule has 0 saturated heterocycles. The number of halogens is 3. The number of rotatable bonds is 0. The Kier molecular flexibility index (Phi) is 5.62. The van der Waals surface area contributed by atoms with E-state index in [9.17, 15) is 0 Å². The number of pyridine rings is 1. The first kappa shape index (κ1) is 12.1. The fraction of sp³-hybridized carbons (Fsp3) is 0. The third-order valence-electron chi connectivity index (χ3n) is 1.55. The molecule has 2 aromatic rings. The van der Waals surface area contributed by atoms with Crippen molar-refractivity contribution in [2.75, 3.05) is 0 Å². The van der Waals surface area contributed by atoms with Crippen molar-refractivity contribution in [3.63, 3.8) is 0 Å². The van der Waals surface area contributed by atoms with E-state index in [1.807, 2.05) is 30.6 Å². The van der Waals surface area contributed by atoms with Crippen LogP contribution in [0.5, 0.6) is 0 Å². The minimum absolute atomic E-state index is 1.20. The standard InChI is InChI=1S/C9H7N.Br3N/c1-2-4-9-7-10-6-5-8(9)3-1;1-4(2)3/h1-7H;. The van der Waals surface area contributed by atoms with E-state index in [1.165, 1.54) is 12.8 Å². The monoisotopic (exact) mass is 380 g/mol. The number of nitrogens with zero attached hydrogens (tertiary/aromatic N) is 2. The maximum absolute atomic E-state index is 4.01. The molecule has 0 radical (unpaired) electrons. The summed E-state index contributed by atoms with van der Waals surface area (Å²) < 4.78 is 1.44. The van der Waals surface area contributed by atoms with Crippen molar-refractivity contribution in [2.45, 2.75) is 0 Å². The van der Waals surface area contributed by atoms with Crippen LogP contribution in [-0.4, -0.2) is 6.96 Å². The molecular formula is C9H7Br3N2. The van der Waals surface area contributed by atoms with Gasteiger partial charge in [0.25, 0.3) is 0 Å². The maximum Gasteiger partial charge on any atom is 0.0364 e. The smallest absolute Gasteiger partial charge is 0.0364 e. The lowest BCUT2D eigenvalue weighted by molar-refractivity contribution is 1.36. The Morgan fingerprint density at radius 2 is 1.50 bits per heavy atom. The van der Waals surface area contributed by atoms with Gasteiger partial charge in [0.15, 0.2) is 0 Å². The van der Waals surface area contributed by atoms with Crippen molar-refractivity contribution < 1.29 is 0 Å². The summed E-state index contributed by atoms with van der Waals surface area (Å²) in [7, 11) is 0. The number of aromatic nitrogens is 1. The van der Waals surface area contributed by atoms with E-state index in [-0.39, 0.29) is 0 Å². The van der Waals surface area contributed by atoms with Crippen molar-refractivity contribution in [3.8, 4) is 0 Å². The van der Waals surface area contributed by atoms with Gasteiger partial charge in [0, 0.05) is 60.8 Å².